The van der Waals surface area contributed by atoms with Crippen molar-refractivity contribution in [2.24, 2.45) is 0 Å². The van der Waals surface area contributed by atoms with Gasteiger partial charge in [-0.3, -0.25) is 0 Å². The van der Waals surface area contributed by atoms with Gasteiger partial charge in [0.25, 0.3) is 0 Å². The minimum absolute atomic E-state index is 0.811. The number of nitrogens with zero attached hydrogens (tertiary/aromatic N) is 1. The van der Waals surface area contributed by atoms with E-state index in [0.29, 0.717) is 0 Å². The van der Waals surface area contributed by atoms with E-state index in [1.165, 1.54) is 54.6 Å². The molecule has 1 nitrogen and oxygen atoms in total. The number of rotatable bonds is 8. The van der Waals surface area contributed by atoms with Crippen LogP contribution in [0.25, 0.3) is 0 Å². The second-order valence-electron chi connectivity index (χ2n) is 8.84. The summed E-state index contributed by atoms with van der Waals surface area (Å²) >= 11 is 13.3. The zero-order valence-electron chi connectivity index (χ0n) is 18.3. The van der Waals surface area contributed by atoms with E-state index in [2.05, 4.69) is 74.5 Å². The van der Waals surface area contributed by atoms with Crippen LogP contribution in [-0.2, 0) is 12.8 Å². The third-order valence-electron chi connectivity index (χ3n) is 6.15. The number of benzene rings is 2. The van der Waals surface area contributed by atoms with Gasteiger partial charge in [0.15, 0.2) is 0 Å². The summed E-state index contributed by atoms with van der Waals surface area (Å²) in [5, 5.41) is 1.88. The van der Waals surface area contributed by atoms with Gasteiger partial charge in [0, 0.05) is 22.9 Å². The molecule has 1 aliphatic rings. The van der Waals surface area contributed by atoms with Gasteiger partial charge in [-0.05, 0) is 56.4 Å². The molecular weight excluding hydrogens is 409 g/mol. The zero-order chi connectivity index (χ0) is 21.4. The van der Waals surface area contributed by atoms with Crippen LogP contribution in [0.1, 0.15) is 41.5 Å². The Kier molecular flexibility index (Phi) is 8.62. The molecule has 1 aliphatic heterocycles. The van der Waals surface area contributed by atoms with Crippen LogP contribution >= 0.6 is 23.2 Å². The number of halogens is 2. The molecule has 3 heteroatoms. The Bertz CT molecular complexity index is 789. The summed E-state index contributed by atoms with van der Waals surface area (Å²) in [5.41, 5.74) is 5.11. The lowest BCUT2D eigenvalue weighted by Gasteiger charge is -2.40. The Morgan fingerprint density at radius 2 is 1.10 bits per heavy atom. The molecule has 0 atom stereocenters. The third kappa shape index (κ3) is 7.30. The van der Waals surface area contributed by atoms with Gasteiger partial charge < -0.3 is 4.48 Å². The van der Waals surface area contributed by atoms with Crippen LogP contribution in [0.15, 0.2) is 70.7 Å². The van der Waals surface area contributed by atoms with Crippen molar-refractivity contribution in [2.45, 2.75) is 46.0 Å². The second-order valence-corrected chi connectivity index (χ2v) is 9.81. The Morgan fingerprint density at radius 1 is 0.700 bits per heavy atom. The molecule has 0 bridgehead atoms. The normalized spacial score (nSPS) is 17.2. The Balaban J connectivity index is 1.63. The molecule has 0 amide bonds. The van der Waals surface area contributed by atoms with E-state index in [4.69, 9.17) is 23.2 Å². The number of hydrogen-bond acceptors (Lipinski definition) is 0. The highest BCUT2D eigenvalue weighted by Gasteiger charge is 2.28. The molecule has 160 valence electrons. The molecule has 0 aliphatic carbocycles. The van der Waals surface area contributed by atoms with Gasteiger partial charge in [-0.2, -0.15) is 0 Å². The lowest BCUT2D eigenvalue weighted by Crippen LogP contribution is -2.51. The van der Waals surface area contributed by atoms with E-state index in [9.17, 15) is 0 Å². The summed E-state index contributed by atoms with van der Waals surface area (Å²) in [5.74, 6) is 0. The highest BCUT2D eigenvalue weighted by molar-refractivity contribution is 6.30. The summed E-state index contributed by atoms with van der Waals surface area (Å²) < 4.78 is 1.06. The third-order valence-corrected chi connectivity index (χ3v) is 6.73. The van der Waals surface area contributed by atoms with Crippen molar-refractivity contribution < 1.29 is 4.48 Å². The molecule has 0 spiro atoms. The molecule has 0 N–H and O–H groups in total. The van der Waals surface area contributed by atoms with Crippen molar-refractivity contribution in [1.29, 1.82) is 0 Å². The van der Waals surface area contributed by atoms with Crippen molar-refractivity contribution in [3.8, 4) is 0 Å². The van der Waals surface area contributed by atoms with Gasteiger partial charge in [-0.15, -0.1) is 0 Å². The first kappa shape index (κ1) is 23.1. The average Bonchev–Trinajstić information content (AvgIpc) is 2.75. The number of piperidine rings is 1. The second kappa shape index (κ2) is 11.2. The van der Waals surface area contributed by atoms with Gasteiger partial charge in [-0.1, -0.05) is 82.9 Å². The predicted molar refractivity (Wildman–Crippen MR) is 131 cm³/mol. The molecule has 2 aromatic carbocycles. The highest BCUT2D eigenvalue weighted by atomic mass is 35.5. The Labute approximate surface area is 192 Å². The maximum absolute atomic E-state index is 6.63. The van der Waals surface area contributed by atoms with Crippen LogP contribution < -0.4 is 0 Å². The highest BCUT2D eigenvalue weighted by Crippen LogP contribution is 2.22. The summed E-state index contributed by atoms with van der Waals surface area (Å²) in [4.78, 5) is 0. The lowest BCUT2D eigenvalue weighted by atomic mass is 10.1. The van der Waals surface area contributed by atoms with Crippen LogP contribution in [0.2, 0.25) is 0 Å². The molecule has 3 rings (SSSR count). The monoisotopic (exact) mass is 442 g/mol. The number of quaternary nitrogens is 1. The van der Waals surface area contributed by atoms with Gasteiger partial charge in [0.1, 0.15) is 0 Å². The number of hydrogen-bond donors (Lipinski definition) is 0. The SMILES string of the molecule is Cc1ccc(CC(Cl)=CC[N+]2(CC=C(Cl)Cc3ccc(C)cc3)CCCCC2)cc1. The topological polar surface area (TPSA) is 0 Å². The standard InChI is InChI=1S/C27H34Cl2N/c1-22-6-10-24(11-7-22)20-26(28)14-18-30(16-4-3-5-17-30)19-15-27(29)21-25-12-8-23(2)9-13-25/h6-15H,3-5,16-21H2,1-2H3/q+1. The number of likely N-dealkylation sites (tertiary alicyclic amines) is 1. The smallest absolute Gasteiger partial charge is 0.0990 e. The van der Waals surface area contributed by atoms with Crippen molar-refractivity contribution in [1.82, 2.24) is 0 Å². The van der Waals surface area contributed by atoms with E-state index >= 15 is 0 Å². The molecule has 30 heavy (non-hydrogen) atoms. The fraction of sp³-hybridized carbons (Fsp3) is 0.407. The lowest BCUT2D eigenvalue weighted by molar-refractivity contribution is -0.921. The van der Waals surface area contributed by atoms with Crippen LogP contribution in [-0.4, -0.2) is 30.7 Å². The molecule has 2 aromatic rings. The largest absolute Gasteiger partial charge is 0.317 e. The summed E-state index contributed by atoms with van der Waals surface area (Å²) in [6.45, 7) is 8.60. The molecule has 1 heterocycles. The van der Waals surface area contributed by atoms with Crippen LogP contribution in [0, 0.1) is 13.8 Å². The predicted octanol–water partition coefficient (Wildman–Crippen LogP) is 7.33. The van der Waals surface area contributed by atoms with E-state index in [1.54, 1.807) is 0 Å². The molecule has 0 radical (unpaired) electrons. The van der Waals surface area contributed by atoms with Crippen LogP contribution in [0.4, 0.5) is 0 Å². The first-order valence-corrected chi connectivity index (χ1v) is 11.8. The van der Waals surface area contributed by atoms with Crippen LogP contribution in [0.5, 0.6) is 0 Å². The van der Waals surface area contributed by atoms with Crippen molar-refractivity contribution in [2.75, 3.05) is 26.2 Å². The molecule has 0 unspecified atom stereocenters. The Morgan fingerprint density at radius 3 is 1.50 bits per heavy atom. The quantitative estimate of drug-likeness (QED) is 0.375. The minimum atomic E-state index is 0.811. The summed E-state index contributed by atoms with van der Waals surface area (Å²) in [6.07, 6.45) is 10.0. The Hall–Kier alpha value is -1.54. The molecular formula is C27H34Cl2N+. The van der Waals surface area contributed by atoms with Crippen molar-refractivity contribution in [3.63, 3.8) is 0 Å². The minimum Gasteiger partial charge on any atom is -0.317 e. The summed E-state index contributed by atoms with van der Waals surface area (Å²) in [6, 6.07) is 17.3. The van der Waals surface area contributed by atoms with E-state index in [-0.39, 0.29) is 0 Å². The maximum atomic E-state index is 6.63. The maximum Gasteiger partial charge on any atom is 0.0990 e. The fourth-order valence-electron chi connectivity index (χ4n) is 4.15. The molecule has 0 saturated carbocycles. The molecule has 1 fully saturated rings. The van der Waals surface area contributed by atoms with Gasteiger partial charge in [-0.25, -0.2) is 0 Å². The first-order valence-electron chi connectivity index (χ1n) is 11.1. The number of allylic oxidation sites excluding steroid dienone is 2. The van der Waals surface area contributed by atoms with Crippen molar-refractivity contribution in [3.05, 3.63) is 93.0 Å². The van der Waals surface area contributed by atoms with Crippen LogP contribution in [0.3, 0.4) is 0 Å². The number of aryl methyl sites for hydroxylation is 2. The zero-order valence-corrected chi connectivity index (χ0v) is 19.9. The molecule has 0 aromatic heterocycles. The van der Waals surface area contributed by atoms with Gasteiger partial charge in [0.2, 0.25) is 0 Å². The average molecular weight is 443 g/mol. The van der Waals surface area contributed by atoms with Gasteiger partial charge in [0.05, 0.1) is 26.2 Å². The van der Waals surface area contributed by atoms with Crippen molar-refractivity contribution >= 4 is 23.2 Å². The fourth-order valence-corrected chi connectivity index (χ4v) is 4.60. The van der Waals surface area contributed by atoms with E-state index in [1.807, 2.05) is 0 Å². The molecule has 1 saturated heterocycles. The summed E-state index contributed by atoms with van der Waals surface area (Å²) in [7, 11) is 0. The first-order chi connectivity index (χ1) is 14.4. The van der Waals surface area contributed by atoms with E-state index < -0.39 is 0 Å². The van der Waals surface area contributed by atoms with E-state index in [0.717, 1.165) is 40.5 Å². The van der Waals surface area contributed by atoms with Gasteiger partial charge >= 0.3 is 0 Å².